The Hall–Kier alpha value is -0.340. The average Bonchev–Trinajstić information content (AvgIpc) is 1.69. The third kappa shape index (κ3) is 1.29. The van der Waals surface area contributed by atoms with E-state index in [-0.39, 0.29) is 6.23 Å². The van der Waals surface area contributed by atoms with Crippen LogP contribution in [-0.4, -0.2) is 12.8 Å². The molecule has 1 N–H and O–H groups in total. The van der Waals surface area contributed by atoms with Crippen molar-refractivity contribution in [3.05, 3.63) is 12.2 Å². The first kappa shape index (κ1) is 4.81. The molecule has 0 aromatic heterocycles. The number of ether oxygens (including phenoxy) is 1. The Kier molecular flexibility index (Phi) is 1.44. The first-order valence-electron chi connectivity index (χ1n) is 2.37. The first-order valence-corrected chi connectivity index (χ1v) is 2.37. The van der Waals surface area contributed by atoms with Gasteiger partial charge in [-0.15, -0.1) is 0 Å². The quantitative estimate of drug-likeness (QED) is 0.408. The van der Waals surface area contributed by atoms with E-state index in [1.165, 1.54) is 0 Å². The Morgan fingerprint density at radius 1 is 1.57 bits per heavy atom. The fourth-order valence-corrected chi connectivity index (χ4v) is 0.528. The zero-order chi connectivity index (χ0) is 5.11. The summed E-state index contributed by atoms with van der Waals surface area (Å²) in [5.74, 6) is 0. The molecule has 1 unspecified atom stereocenters. The summed E-state index contributed by atoms with van der Waals surface area (Å²) in [6.07, 6.45) is 4.36. The maximum absolute atomic E-state index is 7.00. The Morgan fingerprint density at radius 2 is 2.43 bits per heavy atom. The molecule has 1 heterocycles. The van der Waals surface area contributed by atoms with Crippen LogP contribution in [0.4, 0.5) is 0 Å². The maximum atomic E-state index is 7.00. The Morgan fingerprint density at radius 3 is 2.71 bits per heavy atom. The molecule has 0 saturated carbocycles. The van der Waals surface area contributed by atoms with Crippen LogP contribution in [0.5, 0.6) is 0 Å². The second kappa shape index (κ2) is 2.09. The Bertz CT molecular complexity index is 80.1. The number of hydrogen-bond acceptors (Lipinski definition) is 1. The van der Waals surface area contributed by atoms with Gasteiger partial charge < -0.3 is 4.74 Å². The van der Waals surface area contributed by atoms with E-state index in [4.69, 9.17) is 10.5 Å². The fraction of sp³-hybridized carbons (Fsp3) is 0.600. The van der Waals surface area contributed by atoms with Gasteiger partial charge in [0.05, 0.1) is 6.61 Å². The van der Waals surface area contributed by atoms with Crippen LogP contribution >= 0.6 is 0 Å². The topological polar surface area (TPSA) is 33.0 Å². The van der Waals surface area contributed by atoms with Crippen molar-refractivity contribution >= 4 is 0 Å². The number of hydrogen-bond donors (Lipinski definition) is 0. The van der Waals surface area contributed by atoms with Crippen molar-refractivity contribution in [3.8, 4) is 0 Å². The van der Waals surface area contributed by atoms with Gasteiger partial charge in [0.2, 0.25) is 0 Å². The summed E-state index contributed by atoms with van der Waals surface area (Å²) in [6, 6.07) is 0. The smallest absolute Gasteiger partial charge is 0.124 e. The van der Waals surface area contributed by atoms with Crippen molar-refractivity contribution in [2.45, 2.75) is 12.6 Å². The van der Waals surface area contributed by atoms with Crippen LogP contribution in [0.3, 0.4) is 0 Å². The summed E-state index contributed by atoms with van der Waals surface area (Å²) in [4.78, 5) is 0. The minimum Gasteiger partial charge on any atom is -0.358 e. The highest BCUT2D eigenvalue weighted by atomic mass is 16.5. The van der Waals surface area contributed by atoms with Crippen LogP contribution < -0.4 is 5.73 Å². The van der Waals surface area contributed by atoms with Gasteiger partial charge in [0.25, 0.3) is 0 Å². The lowest BCUT2D eigenvalue weighted by Crippen LogP contribution is -2.15. The largest absolute Gasteiger partial charge is 0.358 e. The third-order valence-corrected chi connectivity index (χ3v) is 0.910. The molecular weight excluding hydrogens is 90.1 g/mol. The minimum absolute atomic E-state index is 0.301. The number of rotatable bonds is 0. The molecule has 0 aromatic carbocycles. The van der Waals surface area contributed by atoms with Gasteiger partial charge in [0.15, 0.2) is 0 Å². The molecule has 0 fully saturated rings. The molecule has 1 radical (unpaired) electrons. The second-order valence-corrected chi connectivity index (χ2v) is 1.53. The predicted molar refractivity (Wildman–Crippen MR) is 26.6 cm³/mol. The van der Waals surface area contributed by atoms with Crippen molar-refractivity contribution in [3.63, 3.8) is 0 Å². The lowest BCUT2D eigenvalue weighted by molar-refractivity contribution is 0.0674. The van der Waals surface area contributed by atoms with Gasteiger partial charge in [-0.05, 0) is 0 Å². The van der Waals surface area contributed by atoms with Crippen LogP contribution in [0, 0.1) is 0 Å². The highest BCUT2D eigenvalue weighted by Gasteiger charge is 2.01. The zero-order valence-corrected chi connectivity index (χ0v) is 4.05. The molecule has 1 aliphatic heterocycles. The van der Waals surface area contributed by atoms with Crippen LogP contribution in [-0.2, 0) is 4.74 Å². The maximum Gasteiger partial charge on any atom is 0.124 e. The second-order valence-electron chi connectivity index (χ2n) is 1.53. The minimum atomic E-state index is -0.301. The Balaban J connectivity index is 2.32. The van der Waals surface area contributed by atoms with Crippen LogP contribution in [0.25, 0.3) is 0 Å². The van der Waals surface area contributed by atoms with Crippen molar-refractivity contribution in [1.82, 2.24) is 5.73 Å². The molecular formula is C5H8NO. The van der Waals surface area contributed by atoms with Crippen molar-refractivity contribution in [2.24, 2.45) is 0 Å². The van der Waals surface area contributed by atoms with E-state index < -0.39 is 0 Å². The highest BCUT2D eigenvalue weighted by molar-refractivity contribution is 4.86. The van der Waals surface area contributed by atoms with E-state index in [1.807, 2.05) is 12.2 Å². The summed E-state index contributed by atoms with van der Waals surface area (Å²) in [6.45, 7) is 0.619. The Labute approximate surface area is 43.0 Å². The van der Waals surface area contributed by atoms with Crippen molar-refractivity contribution in [1.29, 1.82) is 0 Å². The molecule has 0 aromatic rings. The lowest BCUT2D eigenvalue weighted by atomic mass is 10.3. The van der Waals surface area contributed by atoms with Crippen molar-refractivity contribution < 1.29 is 4.74 Å². The molecule has 1 aliphatic rings. The summed E-state index contributed by atoms with van der Waals surface area (Å²) in [7, 11) is 0. The normalized spacial score (nSPS) is 30.7. The summed E-state index contributed by atoms with van der Waals surface area (Å²) >= 11 is 0. The van der Waals surface area contributed by atoms with E-state index in [2.05, 4.69) is 0 Å². The molecule has 2 nitrogen and oxygen atoms in total. The molecule has 0 saturated heterocycles. The fourth-order valence-electron chi connectivity index (χ4n) is 0.528. The van der Waals surface area contributed by atoms with Crippen LogP contribution in [0.15, 0.2) is 12.2 Å². The third-order valence-electron chi connectivity index (χ3n) is 0.910. The molecule has 0 aliphatic carbocycles. The summed E-state index contributed by atoms with van der Waals surface area (Å²) in [5, 5.41) is 0. The van der Waals surface area contributed by atoms with E-state index in [0.29, 0.717) is 6.61 Å². The molecule has 0 spiro atoms. The van der Waals surface area contributed by atoms with Crippen LogP contribution in [0.2, 0.25) is 0 Å². The zero-order valence-electron chi connectivity index (χ0n) is 4.05. The SMILES string of the molecule is [NH]C1CC=CCO1. The van der Waals surface area contributed by atoms with E-state index >= 15 is 0 Å². The molecule has 7 heavy (non-hydrogen) atoms. The van der Waals surface area contributed by atoms with E-state index in [1.54, 1.807) is 0 Å². The summed E-state index contributed by atoms with van der Waals surface area (Å²) < 4.78 is 4.86. The summed E-state index contributed by atoms with van der Waals surface area (Å²) in [5.41, 5.74) is 7.00. The van der Waals surface area contributed by atoms with Crippen molar-refractivity contribution in [2.75, 3.05) is 6.61 Å². The average molecular weight is 98.1 g/mol. The molecule has 0 bridgehead atoms. The van der Waals surface area contributed by atoms with Crippen LogP contribution in [0.1, 0.15) is 6.42 Å². The molecule has 1 rings (SSSR count). The van der Waals surface area contributed by atoms with Gasteiger partial charge in [0, 0.05) is 6.42 Å². The molecule has 39 valence electrons. The highest BCUT2D eigenvalue weighted by Crippen LogP contribution is 1.99. The lowest BCUT2D eigenvalue weighted by Gasteiger charge is -2.10. The van der Waals surface area contributed by atoms with Gasteiger partial charge in [-0.3, -0.25) is 0 Å². The monoisotopic (exact) mass is 98.1 g/mol. The van der Waals surface area contributed by atoms with Gasteiger partial charge in [-0.25, -0.2) is 5.73 Å². The predicted octanol–water partition coefficient (Wildman–Crippen LogP) is 0.572. The standard InChI is InChI=1S/C5H8NO/c6-5-3-1-2-4-7-5/h1-2,5-6H,3-4H2. The van der Waals surface area contributed by atoms with E-state index in [0.717, 1.165) is 6.42 Å². The van der Waals surface area contributed by atoms with Gasteiger partial charge >= 0.3 is 0 Å². The first-order chi connectivity index (χ1) is 3.39. The molecule has 2 heteroatoms. The van der Waals surface area contributed by atoms with E-state index in [9.17, 15) is 0 Å². The molecule has 1 atom stereocenters. The number of nitrogens with one attached hydrogen (secondary N) is 1. The van der Waals surface area contributed by atoms with Gasteiger partial charge in [-0.2, -0.15) is 0 Å². The molecule has 0 amide bonds. The van der Waals surface area contributed by atoms with Gasteiger partial charge in [0.1, 0.15) is 6.23 Å². The van der Waals surface area contributed by atoms with Gasteiger partial charge in [-0.1, -0.05) is 12.2 Å².